The SMILES string of the molecule is CN(CCNCc1cc(Br)c(Cl)s1)C1CCCC1. The molecule has 18 heavy (non-hydrogen) atoms. The maximum atomic E-state index is 6.01. The molecule has 1 aromatic heterocycles. The van der Waals surface area contributed by atoms with E-state index in [2.05, 4.69) is 39.3 Å². The molecule has 0 atom stereocenters. The van der Waals surface area contributed by atoms with Crippen LogP contribution in [-0.2, 0) is 6.54 Å². The van der Waals surface area contributed by atoms with Gasteiger partial charge in [-0.15, -0.1) is 11.3 Å². The molecule has 1 N–H and O–H groups in total. The number of nitrogens with zero attached hydrogens (tertiary/aromatic N) is 1. The number of hydrogen-bond donors (Lipinski definition) is 1. The molecule has 5 heteroatoms. The number of rotatable bonds is 6. The first-order valence-corrected chi connectivity index (χ1v) is 8.50. The van der Waals surface area contributed by atoms with Crippen LogP contribution in [0.1, 0.15) is 30.6 Å². The van der Waals surface area contributed by atoms with Crippen LogP contribution in [0.5, 0.6) is 0 Å². The molecule has 0 radical (unpaired) electrons. The van der Waals surface area contributed by atoms with Crippen molar-refractivity contribution in [2.24, 2.45) is 0 Å². The van der Waals surface area contributed by atoms with Crippen molar-refractivity contribution in [2.75, 3.05) is 20.1 Å². The summed E-state index contributed by atoms with van der Waals surface area (Å²) in [6, 6.07) is 2.91. The van der Waals surface area contributed by atoms with E-state index in [1.54, 1.807) is 11.3 Å². The molecule has 2 nitrogen and oxygen atoms in total. The van der Waals surface area contributed by atoms with Crippen molar-refractivity contribution >= 4 is 38.9 Å². The van der Waals surface area contributed by atoms with Gasteiger partial charge in [0.2, 0.25) is 0 Å². The third-order valence-corrected chi connectivity index (χ3v) is 6.06. The Hall–Kier alpha value is 0.390. The lowest BCUT2D eigenvalue weighted by molar-refractivity contribution is 0.245. The fourth-order valence-electron chi connectivity index (χ4n) is 2.47. The van der Waals surface area contributed by atoms with Crippen LogP contribution >= 0.6 is 38.9 Å². The van der Waals surface area contributed by atoms with Crippen LogP contribution in [0.15, 0.2) is 10.5 Å². The van der Waals surface area contributed by atoms with E-state index in [1.165, 1.54) is 30.6 Å². The third kappa shape index (κ3) is 4.20. The van der Waals surface area contributed by atoms with Gasteiger partial charge in [-0.3, -0.25) is 0 Å². The van der Waals surface area contributed by atoms with Gasteiger partial charge in [0, 0.05) is 35.0 Å². The van der Waals surface area contributed by atoms with Gasteiger partial charge in [-0.1, -0.05) is 24.4 Å². The predicted octanol–water partition coefficient (Wildman–Crippen LogP) is 4.13. The molecule has 0 aliphatic heterocycles. The second-order valence-corrected chi connectivity index (χ2v) is 7.52. The monoisotopic (exact) mass is 350 g/mol. The fourth-order valence-corrected chi connectivity index (χ4v) is 4.23. The second-order valence-electron chi connectivity index (χ2n) is 4.93. The molecule has 0 bridgehead atoms. The van der Waals surface area contributed by atoms with Crippen LogP contribution in [0.25, 0.3) is 0 Å². The van der Waals surface area contributed by atoms with Gasteiger partial charge in [0.05, 0.1) is 0 Å². The molecule has 102 valence electrons. The largest absolute Gasteiger partial charge is 0.311 e. The number of halogens is 2. The van der Waals surface area contributed by atoms with E-state index >= 15 is 0 Å². The smallest absolute Gasteiger partial charge is 0.107 e. The second kappa shape index (κ2) is 7.25. The standard InChI is InChI=1S/C13H20BrClN2S/c1-17(10-4-2-3-5-10)7-6-16-9-11-8-12(14)13(15)18-11/h8,10,16H,2-7,9H2,1H3. The Morgan fingerprint density at radius 2 is 2.22 bits per heavy atom. The van der Waals surface area contributed by atoms with Crippen molar-refractivity contribution in [1.29, 1.82) is 0 Å². The van der Waals surface area contributed by atoms with Gasteiger partial charge >= 0.3 is 0 Å². The van der Waals surface area contributed by atoms with Crippen LogP contribution < -0.4 is 5.32 Å². The summed E-state index contributed by atoms with van der Waals surface area (Å²) in [5.74, 6) is 0. The highest BCUT2D eigenvalue weighted by atomic mass is 79.9. The van der Waals surface area contributed by atoms with E-state index in [0.717, 1.165) is 34.5 Å². The molecule has 2 rings (SSSR count). The normalized spacial score (nSPS) is 16.9. The van der Waals surface area contributed by atoms with Crippen LogP contribution in [0, 0.1) is 0 Å². The maximum absolute atomic E-state index is 6.01. The van der Waals surface area contributed by atoms with E-state index in [0.29, 0.717) is 0 Å². The number of likely N-dealkylation sites (N-methyl/N-ethyl adjacent to an activating group) is 1. The van der Waals surface area contributed by atoms with Gasteiger partial charge in [0.25, 0.3) is 0 Å². The molecule has 0 saturated heterocycles. The van der Waals surface area contributed by atoms with E-state index in [4.69, 9.17) is 11.6 Å². The molecule has 1 heterocycles. The summed E-state index contributed by atoms with van der Waals surface area (Å²) in [5.41, 5.74) is 0. The minimum atomic E-state index is 0.817. The van der Waals surface area contributed by atoms with Crippen LogP contribution in [0.3, 0.4) is 0 Å². The first kappa shape index (κ1) is 14.8. The van der Waals surface area contributed by atoms with Gasteiger partial charge in [-0.25, -0.2) is 0 Å². The minimum absolute atomic E-state index is 0.817. The first-order chi connectivity index (χ1) is 8.66. The topological polar surface area (TPSA) is 15.3 Å². The van der Waals surface area contributed by atoms with Crippen molar-refractivity contribution in [3.63, 3.8) is 0 Å². The summed E-state index contributed by atoms with van der Waals surface area (Å²) >= 11 is 11.1. The highest BCUT2D eigenvalue weighted by Gasteiger charge is 2.18. The predicted molar refractivity (Wildman–Crippen MR) is 83.6 cm³/mol. The Kier molecular flexibility index (Phi) is 5.96. The highest BCUT2D eigenvalue weighted by molar-refractivity contribution is 9.10. The Labute approximate surface area is 127 Å². The molecular formula is C13H20BrClN2S. The lowest BCUT2D eigenvalue weighted by Gasteiger charge is -2.23. The fraction of sp³-hybridized carbons (Fsp3) is 0.692. The Morgan fingerprint density at radius 3 is 2.83 bits per heavy atom. The Balaban J connectivity index is 1.63. The molecular weight excluding hydrogens is 332 g/mol. The first-order valence-electron chi connectivity index (χ1n) is 6.51. The summed E-state index contributed by atoms with van der Waals surface area (Å²) in [6.45, 7) is 3.08. The summed E-state index contributed by atoms with van der Waals surface area (Å²) in [5, 5.41) is 3.49. The average Bonchev–Trinajstić information content (AvgIpc) is 2.96. The number of thiophene rings is 1. The zero-order valence-corrected chi connectivity index (χ0v) is 13.9. The van der Waals surface area contributed by atoms with Crippen molar-refractivity contribution in [3.8, 4) is 0 Å². The summed E-state index contributed by atoms with van der Waals surface area (Å²) in [7, 11) is 2.25. The van der Waals surface area contributed by atoms with E-state index in [-0.39, 0.29) is 0 Å². The molecule has 0 spiro atoms. The molecule has 0 amide bonds. The lowest BCUT2D eigenvalue weighted by Crippen LogP contribution is -2.35. The lowest BCUT2D eigenvalue weighted by atomic mass is 10.2. The molecule has 1 saturated carbocycles. The van der Waals surface area contributed by atoms with Crippen molar-refractivity contribution in [3.05, 3.63) is 19.8 Å². The van der Waals surface area contributed by atoms with Crippen molar-refractivity contribution < 1.29 is 0 Å². The Morgan fingerprint density at radius 1 is 1.50 bits per heavy atom. The van der Waals surface area contributed by atoms with Gasteiger partial charge in [0.15, 0.2) is 0 Å². The average molecular weight is 352 g/mol. The maximum Gasteiger partial charge on any atom is 0.107 e. The molecule has 1 aromatic rings. The molecule has 1 aliphatic carbocycles. The zero-order valence-electron chi connectivity index (χ0n) is 10.7. The highest BCUT2D eigenvalue weighted by Crippen LogP contribution is 2.31. The van der Waals surface area contributed by atoms with E-state index in [1.807, 2.05) is 0 Å². The molecule has 1 fully saturated rings. The van der Waals surface area contributed by atoms with Gasteiger partial charge in [-0.05, 0) is 41.9 Å². The molecule has 1 aliphatic rings. The van der Waals surface area contributed by atoms with Crippen molar-refractivity contribution in [1.82, 2.24) is 10.2 Å². The minimum Gasteiger partial charge on any atom is -0.311 e. The molecule has 0 aromatic carbocycles. The van der Waals surface area contributed by atoms with Gasteiger partial charge < -0.3 is 10.2 Å². The third-order valence-electron chi connectivity index (χ3n) is 3.58. The van der Waals surface area contributed by atoms with Crippen molar-refractivity contribution in [2.45, 2.75) is 38.3 Å². The summed E-state index contributed by atoms with van der Waals surface area (Å²) in [6.07, 6.45) is 5.57. The number of nitrogens with one attached hydrogen (secondary N) is 1. The van der Waals surface area contributed by atoms with Gasteiger partial charge in [0.1, 0.15) is 4.34 Å². The van der Waals surface area contributed by atoms with E-state index in [9.17, 15) is 0 Å². The Bertz CT molecular complexity index is 358. The zero-order chi connectivity index (χ0) is 13.0. The number of hydrogen-bond acceptors (Lipinski definition) is 3. The van der Waals surface area contributed by atoms with E-state index < -0.39 is 0 Å². The van der Waals surface area contributed by atoms with Crippen LogP contribution in [-0.4, -0.2) is 31.1 Å². The molecule has 0 unspecified atom stereocenters. The summed E-state index contributed by atoms with van der Waals surface area (Å²) < 4.78 is 1.85. The van der Waals surface area contributed by atoms with Crippen LogP contribution in [0.2, 0.25) is 4.34 Å². The quantitative estimate of drug-likeness (QED) is 0.775. The summed E-state index contributed by atoms with van der Waals surface area (Å²) in [4.78, 5) is 3.78. The van der Waals surface area contributed by atoms with Gasteiger partial charge in [-0.2, -0.15) is 0 Å². The van der Waals surface area contributed by atoms with Crippen LogP contribution in [0.4, 0.5) is 0 Å².